The predicted molar refractivity (Wildman–Crippen MR) is 84.5 cm³/mol. The summed E-state index contributed by atoms with van der Waals surface area (Å²) in [6.07, 6.45) is 0. The summed E-state index contributed by atoms with van der Waals surface area (Å²) in [5.74, 6) is 0. The highest BCUT2D eigenvalue weighted by Crippen LogP contribution is 2.44. The SMILES string of the molecule is Cc1ccc2c(c1)sc1c3ccc(Cl)cc3sc21. The van der Waals surface area contributed by atoms with Crippen LogP contribution in [0.5, 0.6) is 0 Å². The minimum atomic E-state index is 0.816. The Morgan fingerprint density at radius 3 is 2.17 bits per heavy atom. The zero-order valence-corrected chi connectivity index (χ0v) is 12.0. The van der Waals surface area contributed by atoms with E-state index < -0.39 is 0 Å². The van der Waals surface area contributed by atoms with Crippen molar-refractivity contribution in [2.45, 2.75) is 6.92 Å². The molecule has 0 saturated carbocycles. The summed E-state index contributed by atoms with van der Waals surface area (Å²) in [5.41, 5.74) is 1.32. The lowest BCUT2D eigenvalue weighted by Crippen LogP contribution is -1.67. The Morgan fingerprint density at radius 1 is 0.833 bits per heavy atom. The number of hydrogen-bond acceptors (Lipinski definition) is 2. The molecule has 2 heterocycles. The van der Waals surface area contributed by atoms with Gasteiger partial charge in [0.05, 0.1) is 9.40 Å². The molecule has 0 aliphatic carbocycles. The molecule has 18 heavy (non-hydrogen) atoms. The first-order valence-electron chi connectivity index (χ1n) is 5.73. The summed E-state index contributed by atoms with van der Waals surface area (Å²) in [7, 11) is 0. The van der Waals surface area contributed by atoms with E-state index in [1.165, 1.54) is 35.1 Å². The van der Waals surface area contributed by atoms with Crippen LogP contribution in [0.3, 0.4) is 0 Å². The second-order valence-electron chi connectivity index (χ2n) is 4.50. The van der Waals surface area contributed by atoms with E-state index in [4.69, 9.17) is 11.6 Å². The largest absolute Gasteiger partial charge is 0.134 e. The summed E-state index contributed by atoms with van der Waals surface area (Å²) in [6, 6.07) is 12.9. The Hall–Kier alpha value is -1.09. The first-order valence-corrected chi connectivity index (χ1v) is 7.74. The minimum absolute atomic E-state index is 0.816. The maximum absolute atomic E-state index is 6.06. The molecule has 0 bridgehead atoms. The number of fused-ring (bicyclic) bond motifs is 5. The third kappa shape index (κ3) is 1.43. The molecule has 88 valence electrons. The fraction of sp³-hybridized carbons (Fsp3) is 0.0667. The molecule has 0 nitrogen and oxygen atoms in total. The van der Waals surface area contributed by atoms with Crippen molar-refractivity contribution in [2.75, 3.05) is 0 Å². The molecule has 4 aromatic rings. The van der Waals surface area contributed by atoms with Gasteiger partial charge in [-0.15, -0.1) is 22.7 Å². The van der Waals surface area contributed by atoms with Crippen LogP contribution in [0, 0.1) is 6.92 Å². The van der Waals surface area contributed by atoms with Crippen molar-refractivity contribution < 1.29 is 0 Å². The number of halogens is 1. The second-order valence-corrected chi connectivity index (χ2v) is 7.04. The molecule has 0 N–H and O–H groups in total. The highest BCUT2D eigenvalue weighted by Gasteiger charge is 2.11. The Kier molecular flexibility index (Phi) is 2.22. The number of rotatable bonds is 0. The van der Waals surface area contributed by atoms with Gasteiger partial charge >= 0.3 is 0 Å². The monoisotopic (exact) mass is 288 g/mol. The highest BCUT2D eigenvalue weighted by molar-refractivity contribution is 7.36. The van der Waals surface area contributed by atoms with Gasteiger partial charge in [-0.3, -0.25) is 0 Å². The molecule has 0 saturated heterocycles. The van der Waals surface area contributed by atoms with Crippen molar-refractivity contribution in [1.29, 1.82) is 0 Å². The number of aryl methyl sites for hydroxylation is 1. The van der Waals surface area contributed by atoms with Gasteiger partial charge in [0.25, 0.3) is 0 Å². The van der Waals surface area contributed by atoms with E-state index in [9.17, 15) is 0 Å². The fourth-order valence-electron chi connectivity index (χ4n) is 2.34. The van der Waals surface area contributed by atoms with E-state index in [1.807, 2.05) is 28.7 Å². The van der Waals surface area contributed by atoms with Crippen molar-refractivity contribution in [2.24, 2.45) is 0 Å². The average molecular weight is 289 g/mol. The standard InChI is InChI=1S/C15H9ClS2/c1-8-2-4-10-12(6-8)17-15-11-5-3-9(16)7-13(11)18-14(10)15/h2-7H,1H3. The molecular weight excluding hydrogens is 280 g/mol. The summed E-state index contributed by atoms with van der Waals surface area (Å²) >= 11 is 9.79. The van der Waals surface area contributed by atoms with Crippen molar-refractivity contribution >= 4 is 63.8 Å². The Balaban J connectivity index is 2.23. The summed E-state index contributed by atoms with van der Waals surface area (Å²) in [5, 5.41) is 3.52. The summed E-state index contributed by atoms with van der Waals surface area (Å²) in [6.45, 7) is 2.14. The van der Waals surface area contributed by atoms with Crippen LogP contribution < -0.4 is 0 Å². The van der Waals surface area contributed by atoms with Crippen molar-refractivity contribution in [1.82, 2.24) is 0 Å². The lowest BCUT2D eigenvalue weighted by molar-refractivity contribution is 1.52. The first kappa shape index (κ1) is 10.8. The van der Waals surface area contributed by atoms with Gasteiger partial charge in [0, 0.05) is 25.2 Å². The zero-order chi connectivity index (χ0) is 12.3. The normalized spacial score (nSPS) is 11.9. The molecule has 4 rings (SSSR count). The highest BCUT2D eigenvalue weighted by atomic mass is 35.5. The van der Waals surface area contributed by atoms with Crippen LogP contribution in [0.15, 0.2) is 36.4 Å². The maximum atomic E-state index is 6.06. The van der Waals surface area contributed by atoms with Crippen LogP contribution in [-0.4, -0.2) is 0 Å². The van der Waals surface area contributed by atoms with Gasteiger partial charge in [-0.25, -0.2) is 0 Å². The molecule has 0 aliphatic rings. The van der Waals surface area contributed by atoms with E-state index in [2.05, 4.69) is 37.3 Å². The molecule has 0 aliphatic heterocycles. The van der Waals surface area contributed by atoms with Crippen LogP contribution >= 0.6 is 34.3 Å². The average Bonchev–Trinajstić information content (AvgIpc) is 2.83. The maximum Gasteiger partial charge on any atom is 0.0542 e. The quantitative estimate of drug-likeness (QED) is 0.360. The minimum Gasteiger partial charge on any atom is -0.134 e. The summed E-state index contributed by atoms with van der Waals surface area (Å²) in [4.78, 5) is 0. The van der Waals surface area contributed by atoms with Crippen LogP contribution in [0.25, 0.3) is 29.6 Å². The number of thiophene rings is 2. The van der Waals surface area contributed by atoms with Gasteiger partial charge in [0.2, 0.25) is 0 Å². The molecule has 0 radical (unpaired) electrons. The van der Waals surface area contributed by atoms with Crippen molar-refractivity contribution in [3.8, 4) is 0 Å². The molecule has 0 unspecified atom stereocenters. The fourth-order valence-corrected chi connectivity index (χ4v) is 5.36. The van der Waals surface area contributed by atoms with E-state index in [-0.39, 0.29) is 0 Å². The van der Waals surface area contributed by atoms with Gasteiger partial charge in [0.1, 0.15) is 0 Å². The van der Waals surface area contributed by atoms with Gasteiger partial charge in [0.15, 0.2) is 0 Å². The van der Waals surface area contributed by atoms with E-state index in [1.54, 1.807) is 0 Å². The third-order valence-electron chi connectivity index (χ3n) is 3.20. The van der Waals surface area contributed by atoms with Gasteiger partial charge in [-0.2, -0.15) is 0 Å². The van der Waals surface area contributed by atoms with Crippen LogP contribution in [0.1, 0.15) is 5.56 Å². The summed E-state index contributed by atoms with van der Waals surface area (Å²) < 4.78 is 5.46. The van der Waals surface area contributed by atoms with E-state index in [0.29, 0.717) is 0 Å². The number of benzene rings is 2. The molecule has 0 amide bonds. The zero-order valence-electron chi connectivity index (χ0n) is 9.66. The molecule has 3 heteroatoms. The lowest BCUT2D eigenvalue weighted by Gasteiger charge is -1.92. The molecule has 2 aromatic carbocycles. The van der Waals surface area contributed by atoms with Crippen molar-refractivity contribution in [3.05, 3.63) is 47.0 Å². The van der Waals surface area contributed by atoms with Crippen molar-refractivity contribution in [3.63, 3.8) is 0 Å². The lowest BCUT2D eigenvalue weighted by atomic mass is 10.2. The van der Waals surface area contributed by atoms with E-state index >= 15 is 0 Å². The Bertz CT molecular complexity index is 823. The Morgan fingerprint density at radius 2 is 1.44 bits per heavy atom. The molecule has 0 spiro atoms. The molecule has 0 fully saturated rings. The van der Waals surface area contributed by atoms with Gasteiger partial charge in [-0.1, -0.05) is 29.8 Å². The molecule has 2 aromatic heterocycles. The topological polar surface area (TPSA) is 0 Å². The van der Waals surface area contributed by atoms with Gasteiger partial charge in [-0.05, 0) is 30.7 Å². The molecular formula is C15H9ClS2. The van der Waals surface area contributed by atoms with Crippen LogP contribution in [-0.2, 0) is 0 Å². The first-order chi connectivity index (χ1) is 8.72. The van der Waals surface area contributed by atoms with Gasteiger partial charge < -0.3 is 0 Å². The third-order valence-corrected chi connectivity index (χ3v) is 5.94. The Labute approximate surface area is 117 Å². The number of hydrogen-bond donors (Lipinski definition) is 0. The van der Waals surface area contributed by atoms with E-state index in [0.717, 1.165) is 5.02 Å². The van der Waals surface area contributed by atoms with Crippen LogP contribution in [0.4, 0.5) is 0 Å². The molecule has 0 atom stereocenters. The predicted octanol–water partition coefficient (Wildman–Crippen LogP) is 6.23. The second kappa shape index (κ2) is 3.70. The smallest absolute Gasteiger partial charge is 0.0542 e. The van der Waals surface area contributed by atoms with Crippen LogP contribution in [0.2, 0.25) is 5.02 Å².